The van der Waals surface area contributed by atoms with Crippen molar-refractivity contribution in [2.45, 2.75) is 38.5 Å². The van der Waals surface area contributed by atoms with Gasteiger partial charge in [0.2, 0.25) is 0 Å². The molecule has 0 bridgehead atoms. The summed E-state index contributed by atoms with van der Waals surface area (Å²) in [6.45, 7) is 5.32. The minimum Gasteiger partial charge on any atom is -0.489 e. The van der Waals surface area contributed by atoms with E-state index >= 15 is 0 Å². The number of hydrogen-bond acceptors (Lipinski definition) is 3. The van der Waals surface area contributed by atoms with Gasteiger partial charge in [-0.15, -0.1) is 0 Å². The number of ether oxygens (including phenoxy) is 1. The third kappa shape index (κ3) is 2.94. The summed E-state index contributed by atoms with van der Waals surface area (Å²) in [6.07, 6.45) is 4.32. The zero-order chi connectivity index (χ0) is 12.3. The van der Waals surface area contributed by atoms with Crippen molar-refractivity contribution in [1.82, 2.24) is 10.3 Å². The van der Waals surface area contributed by atoms with Crippen LogP contribution in [0.4, 0.5) is 4.39 Å². The van der Waals surface area contributed by atoms with E-state index < -0.39 is 5.67 Å². The van der Waals surface area contributed by atoms with E-state index in [1.54, 1.807) is 18.5 Å². The molecular weight excluding hydrogens is 219 g/mol. The van der Waals surface area contributed by atoms with Gasteiger partial charge in [-0.05, 0) is 45.8 Å². The van der Waals surface area contributed by atoms with Gasteiger partial charge in [-0.25, -0.2) is 4.39 Å². The molecule has 1 N–H and O–H groups in total. The van der Waals surface area contributed by atoms with Crippen molar-refractivity contribution in [3.8, 4) is 5.75 Å². The van der Waals surface area contributed by atoms with Crippen LogP contribution in [0.25, 0.3) is 0 Å². The van der Waals surface area contributed by atoms with Crippen LogP contribution < -0.4 is 10.1 Å². The molecule has 17 heavy (non-hydrogen) atoms. The lowest BCUT2D eigenvalue weighted by molar-refractivity contribution is 0.114. The molecule has 0 radical (unpaired) electrons. The Kier molecular flexibility index (Phi) is 3.62. The number of nitrogens with one attached hydrogen (secondary N) is 1. The molecule has 0 atom stereocenters. The van der Waals surface area contributed by atoms with Gasteiger partial charge in [0.1, 0.15) is 11.4 Å². The molecule has 1 aromatic rings. The second-order valence-corrected chi connectivity index (χ2v) is 4.79. The first kappa shape index (κ1) is 12.3. The molecule has 1 fully saturated rings. The number of hydrogen-bond donors (Lipinski definition) is 1. The maximum absolute atomic E-state index is 14.7. The minimum atomic E-state index is -1.26. The first-order valence-electron chi connectivity index (χ1n) is 6.12. The Bertz CT molecular complexity index is 375. The van der Waals surface area contributed by atoms with Crippen LogP contribution in [0, 0.1) is 0 Å². The topological polar surface area (TPSA) is 34.1 Å². The normalized spacial score (nSPS) is 19.3. The van der Waals surface area contributed by atoms with Crippen molar-refractivity contribution in [3.05, 3.63) is 24.0 Å². The van der Waals surface area contributed by atoms with Gasteiger partial charge in [0.05, 0.1) is 12.3 Å². The Hall–Kier alpha value is -1.16. The summed E-state index contributed by atoms with van der Waals surface area (Å²) in [7, 11) is 0. The molecule has 1 saturated heterocycles. The summed E-state index contributed by atoms with van der Waals surface area (Å²) < 4.78 is 20.2. The Labute approximate surface area is 101 Å². The molecule has 0 amide bonds. The highest BCUT2D eigenvalue weighted by Crippen LogP contribution is 2.35. The van der Waals surface area contributed by atoms with E-state index in [0.717, 1.165) is 0 Å². The standard InChI is InChI=1S/C13H19FN2O/c1-10(2)17-12-7-11(8-16-9-12)13(14)3-5-15-6-4-13/h7-10,15H,3-6H2,1-2H3. The van der Waals surface area contributed by atoms with E-state index in [-0.39, 0.29) is 6.10 Å². The molecule has 1 aliphatic heterocycles. The maximum atomic E-state index is 14.7. The quantitative estimate of drug-likeness (QED) is 0.878. The van der Waals surface area contributed by atoms with Crippen molar-refractivity contribution < 1.29 is 9.13 Å². The molecule has 0 aromatic carbocycles. The number of halogens is 1. The van der Waals surface area contributed by atoms with Crippen LogP contribution in [0.1, 0.15) is 32.3 Å². The second kappa shape index (κ2) is 5.00. The molecule has 0 spiro atoms. The smallest absolute Gasteiger partial charge is 0.140 e. The average molecular weight is 238 g/mol. The zero-order valence-electron chi connectivity index (χ0n) is 10.4. The van der Waals surface area contributed by atoms with Crippen LogP contribution in [-0.2, 0) is 5.67 Å². The van der Waals surface area contributed by atoms with E-state index in [2.05, 4.69) is 10.3 Å². The summed E-state index contributed by atoms with van der Waals surface area (Å²) in [6, 6.07) is 1.78. The lowest BCUT2D eigenvalue weighted by atomic mass is 9.88. The van der Waals surface area contributed by atoms with Gasteiger partial charge >= 0.3 is 0 Å². The molecule has 1 aliphatic rings. The van der Waals surface area contributed by atoms with E-state index in [9.17, 15) is 4.39 Å². The summed E-state index contributed by atoms with van der Waals surface area (Å²) in [4.78, 5) is 4.07. The van der Waals surface area contributed by atoms with E-state index in [4.69, 9.17) is 4.74 Å². The average Bonchev–Trinajstić information content (AvgIpc) is 2.29. The lowest BCUT2D eigenvalue weighted by Crippen LogP contribution is -2.36. The van der Waals surface area contributed by atoms with Gasteiger partial charge in [-0.2, -0.15) is 0 Å². The van der Waals surface area contributed by atoms with Gasteiger partial charge in [-0.3, -0.25) is 4.98 Å². The van der Waals surface area contributed by atoms with Crippen molar-refractivity contribution in [2.75, 3.05) is 13.1 Å². The SMILES string of the molecule is CC(C)Oc1cncc(C2(F)CCNCC2)c1. The molecule has 0 unspecified atom stereocenters. The van der Waals surface area contributed by atoms with E-state index in [1.165, 1.54) is 0 Å². The summed E-state index contributed by atoms with van der Waals surface area (Å²) in [5, 5.41) is 3.16. The Morgan fingerprint density at radius 1 is 1.35 bits per heavy atom. The van der Waals surface area contributed by atoms with Crippen LogP contribution in [0.5, 0.6) is 5.75 Å². The monoisotopic (exact) mass is 238 g/mol. The van der Waals surface area contributed by atoms with Gasteiger partial charge in [0.25, 0.3) is 0 Å². The molecule has 0 saturated carbocycles. The first-order chi connectivity index (χ1) is 8.10. The van der Waals surface area contributed by atoms with Gasteiger partial charge in [0, 0.05) is 11.8 Å². The number of nitrogens with zero attached hydrogens (tertiary/aromatic N) is 1. The fraction of sp³-hybridized carbons (Fsp3) is 0.615. The molecule has 94 valence electrons. The lowest BCUT2D eigenvalue weighted by Gasteiger charge is -2.30. The van der Waals surface area contributed by atoms with Crippen molar-refractivity contribution >= 4 is 0 Å². The third-order valence-corrected chi connectivity index (χ3v) is 3.00. The van der Waals surface area contributed by atoms with Crippen LogP contribution in [0.2, 0.25) is 0 Å². The summed E-state index contributed by atoms with van der Waals surface area (Å²) in [5.41, 5.74) is -0.619. The second-order valence-electron chi connectivity index (χ2n) is 4.79. The van der Waals surface area contributed by atoms with Crippen LogP contribution in [0.15, 0.2) is 18.5 Å². The highest BCUT2D eigenvalue weighted by molar-refractivity contribution is 5.29. The van der Waals surface area contributed by atoms with Crippen LogP contribution in [-0.4, -0.2) is 24.2 Å². The number of alkyl halides is 1. The van der Waals surface area contributed by atoms with Crippen molar-refractivity contribution in [3.63, 3.8) is 0 Å². The largest absolute Gasteiger partial charge is 0.489 e. The molecule has 2 heterocycles. The van der Waals surface area contributed by atoms with Crippen molar-refractivity contribution in [1.29, 1.82) is 0 Å². The molecule has 1 aromatic heterocycles. The van der Waals surface area contributed by atoms with Gasteiger partial charge in [-0.1, -0.05) is 0 Å². The molecule has 0 aliphatic carbocycles. The highest BCUT2D eigenvalue weighted by Gasteiger charge is 2.34. The fourth-order valence-corrected chi connectivity index (χ4v) is 2.11. The molecular formula is C13H19FN2O. The molecule has 2 rings (SSSR count). The van der Waals surface area contributed by atoms with Crippen molar-refractivity contribution in [2.24, 2.45) is 0 Å². The number of rotatable bonds is 3. The predicted octanol–water partition coefficient (Wildman–Crippen LogP) is 2.42. The Morgan fingerprint density at radius 2 is 2.06 bits per heavy atom. The predicted molar refractivity (Wildman–Crippen MR) is 64.9 cm³/mol. The minimum absolute atomic E-state index is 0.0793. The number of aromatic nitrogens is 1. The zero-order valence-corrected chi connectivity index (χ0v) is 10.4. The maximum Gasteiger partial charge on any atom is 0.140 e. The molecule has 3 nitrogen and oxygen atoms in total. The Morgan fingerprint density at radius 3 is 2.71 bits per heavy atom. The number of piperidine rings is 1. The summed E-state index contributed by atoms with van der Waals surface area (Å²) in [5.74, 6) is 0.646. The highest BCUT2D eigenvalue weighted by atomic mass is 19.1. The van der Waals surface area contributed by atoms with E-state index in [0.29, 0.717) is 37.2 Å². The first-order valence-corrected chi connectivity index (χ1v) is 6.12. The van der Waals surface area contributed by atoms with Crippen LogP contribution in [0.3, 0.4) is 0 Å². The van der Waals surface area contributed by atoms with Gasteiger partial charge < -0.3 is 10.1 Å². The molecule has 4 heteroatoms. The van der Waals surface area contributed by atoms with E-state index in [1.807, 2.05) is 13.8 Å². The fourth-order valence-electron chi connectivity index (χ4n) is 2.11. The third-order valence-electron chi connectivity index (χ3n) is 3.00. The summed E-state index contributed by atoms with van der Waals surface area (Å²) >= 11 is 0. The van der Waals surface area contributed by atoms with Gasteiger partial charge in [0.15, 0.2) is 0 Å². The van der Waals surface area contributed by atoms with Crippen LogP contribution >= 0.6 is 0 Å². The Balaban J connectivity index is 2.19. The number of pyridine rings is 1.